The van der Waals surface area contributed by atoms with E-state index in [0.717, 1.165) is 30.1 Å². The van der Waals surface area contributed by atoms with Gasteiger partial charge in [0.2, 0.25) is 0 Å². The highest BCUT2D eigenvalue weighted by Gasteiger charge is 2.21. The highest BCUT2D eigenvalue weighted by atomic mass is 32.1. The third-order valence-corrected chi connectivity index (χ3v) is 3.34. The molecule has 0 bridgehead atoms. The Morgan fingerprint density at radius 3 is 2.95 bits per heavy atom. The van der Waals surface area contributed by atoms with Gasteiger partial charge in [-0.2, -0.15) is 5.26 Å². The molecule has 0 aliphatic carbocycles. The van der Waals surface area contributed by atoms with Crippen LogP contribution < -0.4 is 0 Å². The molecule has 0 atom stereocenters. The van der Waals surface area contributed by atoms with Crippen LogP contribution >= 0.6 is 11.5 Å². The Morgan fingerprint density at radius 2 is 2.32 bits per heavy atom. The van der Waals surface area contributed by atoms with Crippen molar-refractivity contribution in [1.29, 1.82) is 5.26 Å². The molecular weight excluding hydrogens is 264 g/mol. The van der Waals surface area contributed by atoms with Crippen LogP contribution in [0.4, 0.5) is 0 Å². The minimum atomic E-state index is -0.106. The Balaban J connectivity index is 2.79. The van der Waals surface area contributed by atoms with Gasteiger partial charge in [0.15, 0.2) is 0 Å². The third kappa shape index (κ3) is 4.58. The first-order chi connectivity index (χ1) is 9.24. The zero-order valence-electron chi connectivity index (χ0n) is 11.3. The number of carbonyl (C=O) groups excluding carboxylic acids is 1. The van der Waals surface area contributed by atoms with Crippen molar-refractivity contribution < 1.29 is 9.53 Å². The Morgan fingerprint density at radius 1 is 1.53 bits per heavy atom. The van der Waals surface area contributed by atoms with E-state index in [1.165, 1.54) is 0 Å². The first-order valence-corrected chi connectivity index (χ1v) is 6.98. The Hall–Kier alpha value is -1.52. The summed E-state index contributed by atoms with van der Waals surface area (Å²) in [7, 11) is 1.59. The van der Waals surface area contributed by atoms with Crippen molar-refractivity contribution in [3.05, 3.63) is 10.6 Å². The monoisotopic (exact) mass is 282 g/mol. The van der Waals surface area contributed by atoms with E-state index >= 15 is 0 Å². The lowest BCUT2D eigenvalue weighted by atomic mass is 10.2. The molecule has 19 heavy (non-hydrogen) atoms. The number of nitrogens with zero attached hydrogens (tertiary/aromatic N) is 4. The molecule has 104 valence electrons. The quantitative estimate of drug-likeness (QED) is 0.721. The largest absolute Gasteiger partial charge is 0.383 e. The molecule has 1 aromatic heterocycles. The second-order valence-corrected chi connectivity index (χ2v) is 4.75. The second-order valence-electron chi connectivity index (χ2n) is 3.99. The Labute approximate surface area is 117 Å². The number of aryl methyl sites for hydroxylation is 1. The molecular formula is C12H18N4O2S. The van der Waals surface area contributed by atoms with E-state index < -0.39 is 0 Å². The molecule has 1 aromatic rings. The number of amides is 1. The maximum Gasteiger partial charge on any atom is 0.267 e. The van der Waals surface area contributed by atoms with Gasteiger partial charge in [0.05, 0.1) is 24.8 Å². The van der Waals surface area contributed by atoms with Gasteiger partial charge in [-0.3, -0.25) is 4.79 Å². The number of methoxy groups -OCH3 is 1. The SMILES string of the molecule is CCCc1nnsc1C(=O)N(CCC#N)CCOC. The minimum absolute atomic E-state index is 0.106. The fourth-order valence-electron chi connectivity index (χ4n) is 1.62. The fourth-order valence-corrected chi connectivity index (χ4v) is 2.29. The number of aromatic nitrogens is 2. The molecule has 0 aliphatic heterocycles. The standard InChI is InChI=1S/C12H18N4O2S/c1-3-5-10-11(19-15-14-10)12(17)16(7-4-6-13)8-9-18-2/h3-5,7-9H2,1-2H3. The maximum atomic E-state index is 12.4. The Bertz CT molecular complexity index is 441. The molecule has 0 aromatic carbocycles. The number of carbonyl (C=O) groups is 1. The predicted molar refractivity (Wildman–Crippen MR) is 71.9 cm³/mol. The van der Waals surface area contributed by atoms with Crippen molar-refractivity contribution in [3.63, 3.8) is 0 Å². The number of hydrogen-bond acceptors (Lipinski definition) is 6. The number of rotatable bonds is 8. The molecule has 1 rings (SSSR count). The predicted octanol–water partition coefficient (Wildman–Crippen LogP) is 1.49. The summed E-state index contributed by atoms with van der Waals surface area (Å²) in [6.07, 6.45) is 1.97. The van der Waals surface area contributed by atoms with Crippen molar-refractivity contribution in [2.75, 3.05) is 26.8 Å². The molecule has 1 heterocycles. The fraction of sp³-hybridized carbons (Fsp3) is 0.667. The average Bonchev–Trinajstić information content (AvgIpc) is 2.87. The zero-order chi connectivity index (χ0) is 14.1. The summed E-state index contributed by atoms with van der Waals surface area (Å²) in [5.74, 6) is -0.106. The summed E-state index contributed by atoms with van der Waals surface area (Å²) in [4.78, 5) is 14.6. The van der Waals surface area contributed by atoms with Crippen LogP contribution in [0.15, 0.2) is 0 Å². The van der Waals surface area contributed by atoms with E-state index in [0.29, 0.717) is 31.0 Å². The normalized spacial score (nSPS) is 10.2. The molecule has 6 nitrogen and oxygen atoms in total. The average molecular weight is 282 g/mol. The van der Waals surface area contributed by atoms with Crippen molar-refractivity contribution in [2.24, 2.45) is 0 Å². The number of hydrogen-bond donors (Lipinski definition) is 0. The summed E-state index contributed by atoms with van der Waals surface area (Å²) in [5.41, 5.74) is 0.747. The first-order valence-electron chi connectivity index (χ1n) is 6.21. The van der Waals surface area contributed by atoms with E-state index in [9.17, 15) is 4.79 Å². The third-order valence-electron chi connectivity index (χ3n) is 2.58. The van der Waals surface area contributed by atoms with E-state index in [2.05, 4.69) is 15.7 Å². The molecule has 0 fully saturated rings. The molecule has 0 aliphatic rings. The number of ether oxygens (including phenoxy) is 1. The van der Waals surface area contributed by atoms with E-state index in [1.807, 2.05) is 6.92 Å². The van der Waals surface area contributed by atoms with Gasteiger partial charge in [0, 0.05) is 20.2 Å². The van der Waals surface area contributed by atoms with Crippen LogP contribution in [0.3, 0.4) is 0 Å². The van der Waals surface area contributed by atoms with Crippen molar-refractivity contribution in [2.45, 2.75) is 26.2 Å². The zero-order valence-corrected chi connectivity index (χ0v) is 12.1. The molecule has 0 saturated carbocycles. The maximum absolute atomic E-state index is 12.4. The Kier molecular flexibility index (Phi) is 7.00. The lowest BCUT2D eigenvalue weighted by Gasteiger charge is -2.20. The van der Waals surface area contributed by atoms with Crippen LogP contribution in [0, 0.1) is 11.3 Å². The van der Waals surface area contributed by atoms with Gasteiger partial charge in [-0.05, 0) is 18.0 Å². The van der Waals surface area contributed by atoms with Gasteiger partial charge in [-0.15, -0.1) is 5.10 Å². The van der Waals surface area contributed by atoms with Crippen LogP contribution in [-0.4, -0.2) is 47.2 Å². The van der Waals surface area contributed by atoms with Crippen LogP contribution in [0.25, 0.3) is 0 Å². The van der Waals surface area contributed by atoms with Gasteiger partial charge in [0.25, 0.3) is 5.91 Å². The lowest BCUT2D eigenvalue weighted by molar-refractivity contribution is 0.0703. The summed E-state index contributed by atoms with van der Waals surface area (Å²) >= 11 is 1.12. The molecule has 0 spiro atoms. The van der Waals surface area contributed by atoms with Gasteiger partial charge in [-0.25, -0.2) is 0 Å². The van der Waals surface area contributed by atoms with Crippen molar-refractivity contribution in [3.8, 4) is 6.07 Å². The van der Waals surface area contributed by atoms with E-state index in [4.69, 9.17) is 10.00 Å². The van der Waals surface area contributed by atoms with Gasteiger partial charge in [0.1, 0.15) is 4.88 Å². The highest BCUT2D eigenvalue weighted by molar-refractivity contribution is 7.08. The van der Waals surface area contributed by atoms with E-state index in [1.54, 1.807) is 12.0 Å². The molecule has 0 N–H and O–H groups in total. The van der Waals surface area contributed by atoms with Crippen LogP contribution in [0.1, 0.15) is 35.1 Å². The minimum Gasteiger partial charge on any atom is -0.383 e. The van der Waals surface area contributed by atoms with Crippen molar-refractivity contribution in [1.82, 2.24) is 14.5 Å². The summed E-state index contributed by atoms with van der Waals surface area (Å²) in [6.45, 7) is 3.36. The summed E-state index contributed by atoms with van der Waals surface area (Å²) < 4.78 is 8.85. The molecule has 0 saturated heterocycles. The summed E-state index contributed by atoms with van der Waals surface area (Å²) in [5, 5.41) is 12.6. The first kappa shape index (κ1) is 15.5. The van der Waals surface area contributed by atoms with Gasteiger partial charge >= 0.3 is 0 Å². The smallest absolute Gasteiger partial charge is 0.267 e. The van der Waals surface area contributed by atoms with Crippen LogP contribution in [0.5, 0.6) is 0 Å². The lowest BCUT2D eigenvalue weighted by Crippen LogP contribution is -2.34. The molecule has 7 heteroatoms. The molecule has 1 amide bonds. The second kappa shape index (κ2) is 8.56. The van der Waals surface area contributed by atoms with Crippen molar-refractivity contribution >= 4 is 17.4 Å². The summed E-state index contributed by atoms with van der Waals surface area (Å²) in [6, 6.07) is 2.05. The van der Waals surface area contributed by atoms with E-state index in [-0.39, 0.29) is 5.91 Å². The molecule has 0 unspecified atom stereocenters. The highest BCUT2D eigenvalue weighted by Crippen LogP contribution is 2.15. The molecule has 0 radical (unpaired) electrons. The van der Waals surface area contributed by atoms with Crippen LogP contribution in [0.2, 0.25) is 0 Å². The van der Waals surface area contributed by atoms with Gasteiger partial charge < -0.3 is 9.64 Å². The van der Waals surface area contributed by atoms with Crippen LogP contribution in [-0.2, 0) is 11.2 Å². The van der Waals surface area contributed by atoms with Gasteiger partial charge in [-0.1, -0.05) is 17.8 Å². The number of nitriles is 1. The topological polar surface area (TPSA) is 79.1 Å².